The molecule has 0 spiro atoms. The average Bonchev–Trinajstić information content (AvgIpc) is 2.03. The molecule has 12 heavy (non-hydrogen) atoms. The number of carbonyl (C=O) groups is 1. The maximum Gasteiger partial charge on any atom is 0.271 e. The van der Waals surface area contributed by atoms with E-state index >= 15 is 0 Å². The van der Waals surface area contributed by atoms with Crippen molar-refractivity contribution in [3.8, 4) is 0 Å². The fraction of sp³-hybridized carbons (Fsp3) is 0.857. The Bertz CT molecular complexity index is 172. The van der Waals surface area contributed by atoms with E-state index in [-0.39, 0.29) is 25.2 Å². The van der Waals surface area contributed by atoms with Gasteiger partial charge in [0, 0.05) is 12.8 Å². The summed E-state index contributed by atoms with van der Waals surface area (Å²) in [5.41, 5.74) is 0. The van der Waals surface area contributed by atoms with Crippen LogP contribution >= 0.6 is 0 Å². The Morgan fingerprint density at radius 1 is 1.42 bits per heavy atom. The fourth-order valence-electron chi connectivity index (χ4n) is 1.08. The van der Waals surface area contributed by atoms with Crippen molar-refractivity contribution in [2.24, 2.45) is 0 Å². The van der Waals surface area contributed by atoms with E-state index in [2.05, 4.69) is 0 Å². The Kier molecular flexibility index (Phi) is 3.08. The van der Waals surface area contributed by atoms with E-state index in [1.54, 1.807) is 0 Å². The van der Waals surface area contributed by atoms with Gasteiger partial charge in [-0.25, -0.2) is 13.2 Å². The zero-order chi connectivity index (χ0) is 9.14. The van der Waals surface area contributed by atoms with Crippen LogP contribution in [0.25, 0.3) is 0 Å². The van der Waals surface area contributed by atoms with Crippen molar-refractivity contribution in [1.29, 1.82) is 0 Å². The van der Waals surface area contributed by atoms with Gasteiger partial charge in [-0.15, -0.1) is 0 Å². The lowest BCUT2D eigenvalue weighted by Crippen LogP contribution is -2.37. The number of ether oxygens (including phenoxy) is 1. The molecule has 0 radical (unpaired) electrons. The van der Waals surface area contributed by atoms with Crippen molar-refractivity contribution in [3.63, 3.8) is 0 Å². The van der Waals surface area contributed by atoms with E-state index in [9.17, 15) is 18.0 Å². The second-order valence-electron chi connectivity index (χ2n) is 2.68. The number of rotatable bonds is 2. The molecule has 0 aromatic rings. The van der Waals surface area contributed by atoms with Crippen LogP contribution in [-0.2, 0) is 9.53 Å². The van der Waals surface area contributed by atoms with Crippen molar-refractivity contribution < 1.29 is 22.7 Å². The largest absolute Gasteiger partial charge is 0.374 e. The summed E-state index contributed by atoms with van der Waals surface area (Å²) in [7, 11) is 0. The molecular formula is C7H9F3O2. The van der Waals surface area contributed by atoms with Gasteiger partial charge in [0.1, 0.15) is 11.9 Å². The monoisotopic (exact) mass is 182 g/mol. The average molecular weight is 182 g/mol. The molecule has 70 valence electrons. The van der Waals surface area contributed by atoms with Gasteiger partial charge in [-0.1, -0.05) is 0 Å². The standard InChI is InChI=1S/C7H9F3O2/c8-6(7(9)10)5-3-4(11)1-2-12-5/h5-7H,1-3H2. The molecule has 1 aliphatic heterocycles. The Hall–Kier alpha value is -0.580. The molecular weight excluding hydrogens is 173 g/mol. The highest BCUT2D eigenvalue weighted by Gasteiger charge is 2.34. The molecule has 1 heterocycles. The fourth-order valence-corrected chi connectivity index (χ4v) is 1.08. The van der Waals surface area contributed by atoms with E-state index < -0.39 is 18.7 Å². The summed E-state index contributed by atoms with van der Waals surface area (Å²) in [5.74, 6) is -0.213. The van der Waals surface area contributed by atoms with Gasteiger partial charge < -0.3 is 4.74 Å². The molecule has 0 amide bonds. The molecule has 1 rings (SSSR count). The third-order valence-corrected chi connectivity index (χ3v) is 1.74. The minimum atomic E-state index is -3.07. The van der Waals surface area contributed by atoms with E-state index in [4.69, 9.17) is 4.74 Å². The molecule has 0 saturated carbocycles. The van der Waals surface area contributed by atoms with Crippen molar-refractivity contribution in [1.82, 2.24) is 0 Å². The Morgan fingerprint density at radius 2 is 2.08 bits per heavy atom. The highest BCUT2D eigenvalue weighted by Crippen LogP contribution is 2.20. The highest BCUT2D eigenvalue weighted by atomic mass is 19.3. The Morgan fingerprint density at radius 3 is 2.58 bits per heavy atom. The molecule has 2 atom stereocenters. The molecule has 0 aliphatic carbocycles. The van der Waals surface area contributed by atoms with Gasteiger partial charge in [0.15, 0.2) is 6.17 Å². The Balaban J connectivity index is 2.45. The topological polar surface area (TPSA) is 26.3 Å². The lowest BCUT2D eigenvalue weighted by molar-refractivity contribution is -0.136. The first-order valence-electron chi connectivity index (χ1n) is 3.67. The van der Waals surface area contributed by atoms with Crippen LogP contribution in [0.2, 0.25) is 0 Å². The van der Waals surface area contributed by atoms with Crippen LogP contribution < -0.4 is 0 Å². The van der Waals surface area contributed by atoms with E-state index in [1.165, 1.54) is 0 Å². The van der Waals surface area contributed by atoms with Crippen molar-refractivity contribution in [3.05, 3.63) is 0 Å². The minimum Gasteiger partial charge on any atom is -0.374 e. The van der Waals surface area contributed by atoms with Gasteiger partial charge in [0.2, 0.25) is 0 Å². The summed E-state index contributed by atoms with van der Waals surface area (Å²) in [6.07, 6.45) is -6.68. The summed E-state index contributed by atoms with van der Waals surface area (Å²) < 4.78 is 40.8. The van der Waals surface area contributed by atoms with Gasteiger partial charge in [-0.05, 0) is 0 Å². The maximum absolute atomic E-state index is 12.6. The summed E-state index contributed by atoms with van der Waals surface area (Å²) in [4.78, 5) is 10.7. The van der Waals surface area contributed by atoms with E-state index in [1.807, 2.05) is 0 Å². The molecule has 2 nitrogen and oxygen atoms in total. The second-order valence-corrected chi connectivity index (χ2v) is 2.68. The molecule has 2 unspecified atom stereocenters. The smallest absolute Gasteiger partial charge is 0.271 e. The third-order valence-electron chi connectivity index (χ3n) is 1.74. The van der Waals surface area contributed by atoms with Gasteiger partial charge in [-0.3, -0.25) is 4.79 Å². The van der Waals surface area contributed by atoms with Crippen molar-refractivity contribution in [2.45, 2.75) is 31.5 Å². The number of Topliss-reactive ketones (excluding diaryl/α,β-unsaturated/α-hetero) is 1. The predicted molar refractivity (Wildman–Crippen MR) is 34.9 cm³/mol. The molecule has 0 aromatic carbocycles. The Labute approximate surface area is 67.7 Å². The molecule has 0 aromatic heterocycles. The molecule has 1 saturated heterocycles. The number of hydrogen-bond acceptors (Lipinski definition) is 2. The first kappa shape index (κ1) is 9.51. The molecule has 5 heteroatoms. The van der Waals surface area contributed by atoms with Crippen LogP contribution in [0.5, 0.6) is 0 Å². The first-order valence-corrected chi connectivity index (χ1v) is 3.67. The first-order chi connectivity index (χ1) is 5.61. The van der Waals surface area contributed by atoms with Crippen LogP contribution in [-0.4, -0.2) is 31.1 Å². The van der Waals surface area contributed by atoms with Gasteiger partial charge >= 0.3 is 0 Å². The molecule has 0 N–H and O–H groups in total. The quantitative estimate of drug-likeness (QED) is 0.644. The van der Waals surface area contributed by atoms with Crippen LogP contribution in [0.15, 0.2) is 0 Å². The summed E-state index contributed by atoms with van der Waals surface area (Å²) >= 11 is 0. The lowest BCUT2D eigenvalue weighted by atomic mass is 10.0. The predicted octanol–water partition coefficient (Wildman–Crippen LogP) is 1.34. The van der Waals surface area contributed by atoms with Crippen molar-refractivity contribution >= 4 is 5.78 Å². The summed E-state index contributed by atoms with van der Waals surface area (Å²) in [6.45, 7) is 0.0522. The van der Waals surface area contributed by atoms with Gasteiger partial charge in [-0.2, -0.15) is 0 Å². The maximum atomic E-state index is 12.6. The van der Waals surface area contributed by atoms with Crippen LogP contribution in [0.1, 0.15) is 12.8 Å². The van der Waals surface area contributed by atoms with Crippen LogP contribution in [0.4, 0.5) is 13.2 Å². The number of ketones is 1. The number of alkyl halides is 3. The molecule has 1 aliphatic rings. The summed E-state index contributed by atoms with van der Waals surface area (Å²) in [6, 6.07) is 0. The van der Waals surface area contributed by atoms with Crippen molar-refractivity contribution in [2.75, 3.05) is 6.61 Å². The molecule has 0 bridgehead atoms. The molecule has 1 fully saturated rings. The summed E-state index contributed by atoms with van der Waals surface area (Å²) in [5, 5.41) is 0. The second kappa shape index (κ2) is 3.89. The zero-order valence-corrected chi connectivity index (χ0v) is 6.30. The number of carbonyl (C=O) groups excluding carboxylic acids is 1. The number of hydrogen-bond donors (Lipinski definition) is 0. The highest BCUT2D eigenvalue weighted by molar-refractivity contribution is 5.79. The lowest BCUT2D eigenvalue weighted by Gasteiger charge is -2.24. The SMILES string of the molecule is O=C1CCOC(C(F)C(F)F)C1. The van der Waals surface area contributed by atoms with Crippen LogP contribution in [0.3, 0.4) is 0 Å². The van der Waals surface area contributed by atoms with Gasteiger partial charge in [0.25, 0.3) is 6.43 Å². The minimum absolute atomic E-state index is 0.0522. The van der Waals surface area contributed by atoms with E-state index in [0.717, 1.165) is 0 Å². The zero-order valence-electron chi connectivity index (χ0n) is 6.30. The van der Waals surface area contributed by atoms with Crippen LogP contribution in [0, 0.1) is 0 Å². The van der Waals surface area contributed by atoms with E-state index in [0.29, 0.717) is 0 Å². The third kappa shape index (κ3) is 2.20. The van der Waals surface area contributed by atoms with Gasteiger partial charge in [0.05, 0.1) is 6.61 Å². The number of halogens is 3. The normalized spacial score (nSPS) is 27.7.